The number of nitrogens with zero attached hydrogens (tertiary/aromatic N) is 2. The average molecular weight is 278 g/mol. The largest absolute Gasteiger partial charge is 0.373 e. The fourth-order valence-electron chi connectivity index (χ4n) is 3.16. The Bertz CT molecular complexity index is 442. The highest BCUT2D eigenvalue weighted by Crippen LogP contribution is 2.36. The summed E-state index contributed by atoms with van der Waals surface area (Å²) in [5.41, 5.74) is 1.27. The van der Waals surface area contributed by atoms with E-state index in [1.807, 2.05) is 7.05 Å². The lowest BCUT2D eigenvalue weighted by molar-refractivity contribution is 0.356. The Morgan fingerprint density at radius 1 is 1.30 bits per heavy atom. The van der Waals surface area contributed by atoms with Gasteiger partial charge in [0.2, 0.25) is 0 Å². The molecule has 0 radical (unpaired) electrons. The van der Waals surface area contributed by atoms with Crippen molar-refractivity contribution in [3.63, 3.8) is 0 Å². The third-order valence-electron chi connectivity index (χ3n) is 4.04. The summed E-state index contributed by atoms with van der Waals surface area (Å²) in [7, 11) is 1.97. The Labute approximate surface area is 123 Å². The molecule has 0 amide bonds. The van der Waals surface area contributed by atoms with Gasteiger partial charge >= 0.3 is 0 Å². The van der Waals surface area contributed by atoms with Crippen molar-refractivity contribution in [2.24, 2.45) is 0 Å². The number of anilines is 1. The van der Waals surface area contributed by atoms with Crippen LogP contribution in [0.5, 0.6) is 0 Å². The van der Waals surface area contributed by atoms with E-state index in [0.29, 0.717) is 18.0 Å². The Morgan fingerprint density at radius 2 is 2.00 bits per heavy atom. The monoisotopic (exact) mass is 278 g/mol. The summed E-state index contributed by atoms with van der Waals surface area (Å²) in [6.07, 6.45) is 3.72. The molecular weight excluding hydrogens is 248 g/mol. The van der Waals surface area contributed by atoms with Crippen LogP contribution >= 0.6 is 0 Å². The third kappa shape index (κ3) is 3.35. The van der Waals surface area contributed by atoms with Crippen LogP contribution in [-0.2, 0) is 5.54 Å². The lowest BCUT2D eigenvalue weighted by atomic mass is 10.0. The first-order valence-electron chi connectivity index (χ1n) is 7.85. The van der Waals surface area contributed by atoms with Crippen LogP contribution < -0.4 is 10.6 Å². The zero-order chi connectivity index (χ0) is 14.9. The molecule has 114 valence electrons. The van der Waals surface area contributed by atoms with Crippen molar-refractivity contribution in [3.05, 3.63) is 11.8 Å². The Morgan fingerprint density at radius 3 is 2.50 bits per heavy atom. The summed E-state index contributed by atoms with van der Waals surface area (Å²) >= 11 is 0. The van der Waals surface area contributed by atoms with E-state index in [2.05, 4.69) is 56.0 Å². The van der Waals surface area contributed by atoms with Gasteiger partial charge in [0.1, 0.15) is 5.82 Å². The predicted molar refractivity (Wildman–Crippen MR) is 85.4 cm³/mol. The van der Waals surface area contributed by atoms with Gasteiger partial charge in [-0.15, -0.1) is 0 Å². The zero-order valence-corrected chi connectivity index (χ0v) is 13.8. The SMILES string of the molecule is CNc1cc(C2CCC(NC(C)C)C2)nn1C(C)(C)C. The predicted octanol–water partition coefficient (Wildman–Crippen LogP) is 3.31. The first-order valence-corrected chi connectivity index (χ1v) is 7.85. The molecule has 0 aliphatic heterocycles. The normalized spacial score (nSPS) is 23.6. The number of nitrogens with one attached hydrogen (secondary N) is 2. The van der Waals surface area contributed by atoms with Crippen molar-refractivity contribution in [2.75, 3.05) is 12.4 Å². The van der Waals surface area contributed by atoms with E-state index >= 15 is 0 Å². The molecule has 1 aromatic heterocycles. The second-order valence-corrected chi connectivity index (χ2v) is 7.32. The summed E-state index contributed by atoms with van der Waals surface area (Å²) in [5.74, 6) is 1.72. The van der Waals surface area contributed by atoms with E-state index in [-0.39, 0.29) is 5.54 Å². The van der Waals surface area contributed by atoms with Crippen molar-refractivity contribution >= 4 is 5.82 Å². The molecule has 0 saturated heterocycles. The number of hydrogen-bond donors (Lipinski definition) is 2. The molecule has 2 atom stereocenters. The maximum atomic E-state index is 4.87. The van der Waals surface area contributed by atoms with Crippen LogP contribution in [0.3, 0.4) is 0 Å². The second-order valence-electron chi connectivity index (χ2n) is 7.32. The summed E-state index contributed by atoms with van der Waals surface area (Å²) < 4.78 is 2.12. The molecule has 2 N–H and O–H groups in total. The molecule has 1 saturated carbocycles. The van der Waals surface area contributed by atoms with E-state index in [4.69, 9.17) is 5.10 Å². The molecule has 1 heterocycles. The van der Waals surface area contributed by atoms with Gasteiger partial charge in [0.05, 0.1) is 11.2 Å². The average Bonchev–Trinajstić information content (AvgIpc) is 2.92. The minimum absolute atomic E-state index is 0.0186. The Kier molecular flexibility index (Phi) is 4.43. The fraction of sp³-hybridized carbons (Fsp3) is 0.812. The first kappa shape index (κ1) is 15.4. The highest BCUT2D eigenvalue weighted by atomic mass is 15.4. The van der Waals surface area contributed by atoms with Crippen molar-refractivity contribution in [3.8, 4) is 0 Å². The molecule has 1 fully saturated rings. The van der Waals surface area contributed by atoms with Crippen molar-refractivity contribution in [1.82, 2.24) is 15.1 Å². The minimum Gasteiger partial charge on any atom is -0.373 e. The summed E-state index contributed by atoms with van der Waals surface area (Å²) in [5, 5.41) is 11.8. The van der Waals surface area contributed by atoms with Gasteiger partial charge < -0.3 is 10.6 Å². The number of hydrogen-bond acceptors (Lipinski definition) is 3. The fourth-order valence-corrected chi connectivity index (χ4v) is 3.16. The van der Waals surface area contributed by atoms with Gasteiger partial charge in [-0.05, 0) is 40.0 Å². The van der Waals surface area contributed by atoms with Crippen LogP contribution in [0.15, 0.2) is 6.07 Å². The molecule has 0 aromatic carbocycles. The lowest BCUT2D eigenvalue weighted by Gasteiger charge is -2.22. The van der Waals surface area contributed by atoms with Crippen LogP contribution in [0.25, 0.3) is 0 Å². The number of aromatic nitrogens is 2. The van der Waals surface area contributed by atoms with E-state index in [0.717, 1.165) is 5.82 Å². The van der Waals surface area contributed by atoms with Crippen LogP contribution in [0.4, 0.5) is 5.82 Å². The summed E-state index contributed by atoms with van der Waals surface area (Å²) in [6.45, 7) is 11.0. The molecule has 1 aliphatic carbocycles. The molecule has 0 spiro atoms. The maximum absolute atomic E-state index is 4.87. The molecule has 4 nitrogen and oxygen atoms in total. The molecule has 1 aliphatic rings. The Balaban J connectivity index is 2.13. The van der Waals surface area contributed by atoms with Gasteiger partial charge in [-0.1, -0.05) is 13.8 Å². The van der Waals surface area contributed by atoms with Gasteiger partial charge in [-0.2, -0.15) is 5.10 Å². The summed E-state index contributed by atoms with van der Waals surface area (Å²) in [4.78, 5) is 0. The quantitative estimate of drug-likeness (QED) is 0.888. The second kappa shape index (κ2) is 5.76. The van der Waals surface area contributed by atoms with Crippen LogP contribution in [0.1, 0.15) is 65.5 Å². The molecule has 4 heteroatoms. The molecule has 1 aromatic rings. The van der Waals surface area contributed by atoms with E-state index in [9.17, 15) is 0 Å². The highest BCUT2D eigenvalue weighted by Gasteiger charge is 2.29. The molecular formula is C16H30N4. The molecule has 20 heavy (non-hydrogen) atoms. The lowest BCUT2D eigenvalue weighted by Crippen LogP contribution is -2.32. The van der Waals surface area contributed by atoms with Crippen molar-refractivity contribution in [1.29, 1.82) is 0 Å². The zero-order valence-electron chi connectivity index (χ0n) is 13.8. The van der Waals surface area contributed by atoms with Gasteiger partial charge in [0, 0.05) is 31.1 Å². The van der Waals surface area contributed by atoms with Gasteiger partial charge in [-0.3, -0.25) is 0 Å². The smallest absolute Gasteiger partial charge is 0.124 e. The number of rotatable bonds is 4. The third-order valence-corrected chi connectivity index (χ3v) is 4.04. The summed E-state index contributed by atoms with van der Waals surface area (Å²) in [6, 6.07) is 3.45. The van der Waals surface area contributed by atoms with E-state index < -0.39 is 0 Å². The van der Waals surface area contributed by atoms with Gasteiger partial charge in [-0.25, -0.2) is 4.68 Å². The van der Waals surface area contributed by atoms with E-state index in [1.54, 1.807) is 0 Å². The molecule has 2 unspecified atom stereocenters. The standard InChI is InChI=1S/C16H30N4/c1-11(2)18-13-8-7-12(9-13)14-10-15(17-6)20(19-14)16(3,4)5/h10-13,17-18H,7-9H2,1-6H3. The first-order chi connectivity index (χ1) is 9.31. The Hall–Kier alpha value is -1.03. The maximum Gasteiger partial charge on any atom is 0.124 e. The van der Waals surface area contributed by atoms with Gasteiger partial charge in [0.25, 0.3) is 0 Å². The van der Waals surface area contributed by atoms with Crippen LogP contribution in [0.2, 0.25) is 0 Å². The van der Waals surface area contributed by atoms with Crippen molar-refractivity contribution < 1.29 is 0 Å². The molecule has 0 bridgehead atoms. The van der Waals surface area contributed by atoms with Crippen LogP contribution in [0, 0.1) is 0 Å². The van der Waals surface area contributed by atoms with Crippen molar-refractivity contribution in [2.45, 2.75) is 77.4 Å². The topological polar surface area (TPSA) is 41.9 Å². The van der Waals surface area contributed by atoms with Crippen LogP contribution in [-0.4, -0.2) is 28.9 Å². The highest BCUT2D eigenvalue weighted by molar-refractivity contribution is 5.38. The minimum atomic E-state index is 0.0186. The molecule has 2 rings (SSSR count). The van der Waals surface area contributed by atoms with Gasteiger partial charge in [0.15, 0.2) is 0 Å². The van der Waals surface area contributed by atoms with E-state index in [1.165, 1.54) is 25.0 Å².